The highest BCUT2D eigenvalue weighted by atomic mass is 16.6. The number of allylic oxidation sites excluding steroid dienone is 13. The van der Waals surface area contributed by atoms with E-state index in [0.717, 1.165) is 70.6 Å². The molecule has 0 aliphatic rings. The number of rotatable bonds is 55. The van der Waals surface area contributed by atoms with Crippen LogP contribution in [0.1, 0.15) is 297 Å². The molecule has 1 unspecified atom stereocenters. The normalized spacial score (nSPS) is 12.7. The minimum absolute atomic E-state index is 0.108. The first-order valence-corrected chi connectivity index (χ1v) is 30.6. The number of esters is 3. The maximum Gasteiger partial charge on any atom is 0.309 e. The maximum absolute atomic E-state index is 12.9. The first kappa shape index (κ1) is 68.6. The summed E-state index contributed by atoms with van der Waals surface area (Å²) in [4.78, 5) is 38.2. The topological polar surface area (TPSA) is 78.9 Å². The van der Waals surface area contributed by atoms with Crippen molar-refractivity contribution in [2.75, 3.05) is 13.2 Å². The van der Waals surface area contributed by atoms with Gasteiger partial charge in [-0.2, -0.15) is 0 Å². The number of hydrogen-bond acceptors (Lipinski definition) is 6. The van der Waals surface area contributed by atoms with Crippen molar-refractivity contribution < 1.29 is 28.6 Å². The van der Waals surface area contributed by atoms with Gasteiger partial charge in [0.25, 0.3) is 0 Å². The Labute approximate surface area is 445 Å². The second-order valence-corrected chi connectivity index (χ2v) is 20.2. The standard InChI is InChI=1S/C66H114O6/c1-4-7-10-13-16-19-22-25-28-30-32-33-34-36-38-41-44-47-50-53-56-59-65(68)71-62-63(61-70-64(67)58-55-52-49-46-43-40-37-27-24-21-18-15-12-9-6-3)72-66(69)60-57-54-51-48-45-42-39-35-31-29-26-23-20-17-14-11-8-5-2/h9,12,18,21,27,29-32,37,43,46,52,55,63H,4-8,10-11,13-17,19-20,22-26,28,33-36,38-42,44-45,47-51,53-54,56-62H2,1-3H3/b12-9-,21-18-,31-29-,32-30-,37-27-,46-43-,55-52-. The second-order valence-electron chi connectivity index (χ2n) is 20.2. The molecule has 72 heavy (non-hydrogen) atoms. The zero-order chi connectivity index (χ0) is 52.2. The predicted molar refractivity (Wildman–Crippen MR) is 311 cm³/mol. The lowest BCUT2D eigenvalue weighted by Crippen LogP contribution is -2.30. The van der Waals surface area contributed by atoms with Gasteiger partial charge in [0.2, 0.25) is 0 Å². The molecule has 0 amide bonds. The van der Waals surface area contributed by atoms with E-state index in [1.807, 2.05) is 6.08 Å². The fourth-order valence-corrected chi connectivity index (χ4v) is 8.57. The van der Waals surface area contributed by atoms with Crippen molar-refractivity contribution in [3.63, 3.8) is 0 Å². The summed E-state index contributed by atoms with van der Waals surface area (Å²) >= 11 is 0. The average Bonchev–Trinajstić information content (AvgIpc) is 3.38. The molecule has 0 fully saturated rings. The van der Waals surface area contributed by atoms with Crippen LogP contribution in [0, 0.1) is 0 Å². The summed E-state index contributed by atoms with van der Waals surface area (Å²) in [5.41, 5.74) is 0. The molecule has 0 aliphatic heterocycles. The zero-order valence-electron chi connectivity index (χ0n) is 47.4. The Balaban J connectivity index is 4.44. The third kappa shape index (κ3) is 57.5. The molecule has 0 aliphatic carbocycles. The third-order valence-corrected chi connectivity index (χ3v) is 13.1. The molecule has 0 saturated heterocycles. The molecule has 0 heterocycles. The van der Waals surface area contributed by atoms with Crippen LogP contribution in [0.2, 0.25) is 0 Å². The van der Waals surface area contributed by atoms with E-state index in [1.165, 1.54) is 186 Å². The molecular weight excluding hydrogens is 889 g/mol. The SMILES string of the molecule is CC/C=C\C/C=C\C/C=C\C/C=C\C/C=C\CC(=O)OCC(COC(=O)CCCCCCCCCCC/C=C\CCCCCCCCCC)OC(=O)CCCCCCCCC/C=C\CCCCCCCCC. The fourth-order valence-electron chi connectivity index (χ4n) is 8.57. The van der Waals surface area contributed by atoms with Gasteiger partial charge in [-0.3, -0.25) is 14.4 Å². The average molecular weight is 1000 g/mol. The van der Waals surface area contributed by atoms with Crippen LogP contribution in [0.15, 0.2) is 85.1 Å². The smallest absolute Gasteiger partial charge is 0.309 e. The fraction of sp³-hybridized carbons (Fsp3) is 0.742. The molecule has 1 atom stereocenters. The van der Waals surface area contributed by atoms with Crippen LogP contribution >= 0.6 is 0 Å². The van der Waals surface area contributed by atoms with Crippen molar-refractivity contribution in [1.29, 1.82) is 0 Å². The van der Waals surface area contributed by atoms with Crippen molar-refractivity contribution in [2.45, 2.75) is 303 Å². The van der Waals surface area contributed by atoms with Crippen LogP contribution in [0.5, 0.6) is 0 Å². The molecule has 0 aromatic heterocycles. The van der Waals surface area contributed by atoms with Crippen molar-refractivity contribution in [1.82, 2.24) is 0 Å². The molecule has 0 aromatic carbocycles. The number of carbonyl (C=O) groups excluding carboxylic acids is 3. The zero-order valence-corrected chi connectivity index (χ0v) is 47.4. The van der Waals surface area contributed by atoms with Crippen LogP contribution in [-0.2, 0) is 28.6 Å². The highest BCUT2D eigenvalue weighted by molar-refractivity contribution is 5.72. The highest BCUT2D eigenvalue weighted by Gasteiger charge is 2.19. The highest BCUT2D eigenvalue weighted by Crippen LogP contribution is 2.16. The molecule has 6 nitrogen and oxygen atoms in total. The van der Waals surface area contributed by atoms with Crippen molar-refractivity contribution >= 4 is 17.9 Å². The number of ether oxygens (including phenoxy) is 3. The Bertz CT molecular complexity index is 1380. The van der Waals surface area contributed by atoms with Gasteiger partial charge in [0.1, 0.15) is 13.2 Å². The van der Waals surface area contributed by atoms with Gasteiger partial charge in [0.05, 0.1) is 6.42 Å². The summed E-state index contributed by atoms with van der Waals surface area (Å²) in [6.07, 6.45) is 78.9. The van der Waals surface area contributed by atoms with Crippen LogP contribution in [0.4, 0.5) is 0 Å². The summed E-state index contributed by atoms with van der Waals surface area (Å²) in [7, 11) is 0. The van der Waals surface area contributed by atoms with Crippen LogP contribution in [0.25, 0.3) is 0 Å². The first-order chi connectivity index (χ1) is 35.5. The van der Waals surface area contributed by atoms with Crippen LogP contribution in [-0.4, -0.2) is 37.2 Å². The first-order valence-electron chi connectivity index (χ1n) is 30.6. The Morgan fingerprint density at radius 1 is 0.306 bits per heavy atom. The molecule has 0 aromatic rings. The number of carbonyl (C=O) groups is 3. The van der Waals surface area contributed by atoms with Crippen LogP contribution < -0.4 is 0 Å². The van der Waals surface area contributed by atoms with Gasteiger partial charge >= 0.3 is 17.9 Å². The van der Waals surface area contributed by atoms with Crippen molar-refractivity contribution in [3.8, 4) is 0 Å². The van der Waals surface area contributed by atoms with Gasteiger partial charge in [-0.15, -0.1) is 0 Å². The monoisotopic (exact) mass is 1000 g/mol. The van der Waals surface area contributed by atoms with E-state index in [1.54, 1.807) is 6.08 Å². The third-order valence-electron chi connectivity index (χ3n) is 13.1. The van der Waals surface area contributed by atoms with E-state index in [4.69, 9.17) is 14.2 Å². The lowest BCUT2D eigenvalue weighted by Gasteiger charge is -2.18. The van der Waals surface area contributed by atoms with Gasteiger partial charge in [-0.1, -0.05) is 266 Å². The maximum atomic E-state index is 12.9. The van der Waals surface area contributed by atoms with E-state index in [9.17, 15) is 14.4 Å². The molecule has 0 N–H and O–H groups in total. The lowest BCUT2D eigenvalue weighted by atomic mass is 10.1. The number of hydrogen-bond donors (Lipinski definition) is 0. The minimum Gasteiger partial charge on any atom is -0.462 e. The molecule has 0 saturated carbocycles. The molecule has 414 valence electrons. The van der Waals surface area contributed by atoms with E-state index in [-0.39, 0.29) is 31.6 Å². The minimum atomic E-state index is -0.820. The molecule has 0 rings (SSSR count). The summed E-state index contributed by atoms with van der Waals surface area (Å²) < 4.78 is 16.8. The summed E-state index contributed by atoms with van der Waals surface area (Å²) in [5, 5.41) is 0. The summed E-state index contributed by atoms with van der Waals surface area (Å²) in [5.74, 6) is -1.04. The van der Waals surface area contributed by atoms with E-state index in [0.29, 0.717) is 12.8 Å². The van der Waals surface area contributed by atoms with Gasteiger partial charge in [0, 0.05) is 12.8 Å². The van der Waals surface area contributed by atoms with E-state index >= 15 is 0 Å². The van der Waals surface area contributed by atoms with Crippen molar-refractivity contribution in [2.24, 2.45) is 0 Å². The lowest BCUT2D eigenvalue weighted by molar-refractivity contribution is -0.166. The summed E-state index contributed by atoms with van der Waals surface area (Å²) in [6.45, 7) is 6.46. The van der Waals surface area contributed by atoms with Gasteiger partial charge < -0.3 is 14.2 Å². The Kier molecular flexibility index (Phi) is 57.3. The Hall–Kier alpha value is -3.41. The Morgan fingerprint density at radius 3 is 0.958 bits per heavy atom. The van der Waals surface area contributed by atoms with E-state index < -0.39 is 12.1 Å². The van der Waals surface area contributed by atoms with Crippen LogP contribution in [0.3, 0.4) is 0 Å². The molecule has 0 spiro atoms. The largest absolute Gasteiger partial charge is 0.462 e. The second kappa shape index (κ2) is 60.1. The van der Waals surface area contributed by atoms with Crippen molar-refractivity contribution in [3.05, 3.63) is 85.1 Å². The number of unbranched alkanes of at least 4 members (excludes halogenated alkanes) is 31. The van der Waals surface area contributed by atoms with Gasteiger partial charge in [-0.05, 0) is 96.3 Å². The molecule has 0 radical (unpaired) electrons. The molecule has 0 bridgehead atoms. The van der Waals surface area contributed by atoms with Gasteiger partial charge in [0.15, 0.2) is 6.10 Å². The molecule has 6 heteroatoms. The van der Waals surface area contributed by atoms with Gasteiger partial charge in [-0.25, -0.2) is 0 Å². The Morgan fingerprint density at radius 2 is 0.597 bits per heavy atom. The summed E-state index contributed by atoms with van der Waals surface area (Å²) in [6, 6.07) is 0. The quantitative estimate of drug-likeness (QED) is 0.0261. The predicted octanol–water partition coefficient (Wildman–Crippen LogP) is 20.7. The molecular formula is C66H114O6. The van der Waals surface area contributed by atoms with E-state index in [2.05, 4.69) is 93.7 Å².